The molecular weight excluding hydrogens is 548 g/mol. The minimum Gasteiger partial charge on any atom is -0.490 e. The Kier molecular flexibility index (Phi) is 8.22. The quantitative estimate of drug-likeness (QED) is 0.206. The monoisotopic (exact) mass is 579 g/mol. The minimum absolute atomic E-state index is 0.0231. The van der Waals surface area contributed by atoms with Crippen molar-refractivity contribution in [3.05, 3.63) is 108 Å². The van der Waals surface area contributed by atoms with Gasteiger partial charge < -0.3 is 9.47 Å². The molecule has 0 saturated heterocycles. The van der Waals surface area contributed by atoms with Crippen LogP contribution in [0.25, 0.3) is 10.8 Å². The summed E-state index contributed by atoms with van der Waals surface area (Å²) in [5.41, 5.74) is -3.42. The van der Waals surface area contributed by atoms with E-state index < -0.39 is 37.6 Å². The van der Waals surface area contributed by atoms with Crippen LogP contribution in [0.4, 0.5) is 8.78 Å². The highest BCUT2D eigenvalue weighted by molar-refractivity contribution is 7.89. The molecule has 1 saturated carbocycles. The Morgan fingerprint density at radius 1 is 0.927 bits per heavy atom. The van der Waals surface area contributed by atoms with Crippen molar-refractivity contribution in [1.29, 1.82) is 0 Å². The topological polar surface area (TPSA) is 81.7 Å². The number of fused-ring (bicyclic) bond motifs is 1. The van der Waals surface area contributed by atoms with Crippen molar-refractivity contribution >= 4 is 27.1 Å². The van der Waals surface area contributed by atoms with E-state index in [1.807, 2.05) is 0 Å². The van der Waals surface area contributed by atoms with Crippen LogP contribution in [-0.2, 0) is 37.7 Å². The third kappa shape index (κ3) is 5.49. The standard InChI is InChI=1S/C32H31F2NO5S/c1-35-41(37,38)29-19-16-24-20-27(40-26-14-8-9-15-26)17-18-28(24)30(29)31(22-36,39-21-23-10-4-2-5-11-23)32(33,34)25-12-6-3-7-13-25/h2-7,10-13,16-20,22,26,35H,8-9,14-15,21H2,1H3. The summed E-state index contributed by atoms with van der Waals surface area (Å²) in [6, 6.07) is 23.0. The van der Waals surface area contributed by atoms with E-state index in [9.17, 15) is 13.2 Å². The van der Waals surface area contributed by atoms with Crippen LogP contribution in [0.2, 0.25) is 0 Å². The number of rotatable bonds is 11. The lowest BCUT2D eigenvalue weighted by atomic mass is 9.81. The molecule has 1 N–H and O–H groups in total. The van der Waals surface area contributed by atoms with Crippen LogP contribution in [0.3, 0.4) is 0 Å². The number of nitrogens with one attached hydrogen (secondary N) is 1. The van der Waals surface area contributed by atoms with E-state index in [0.717, 1.165) is 25.7 Å². The zero-order valence-electron chi connectivity index (χ0n) is 22.6. The number of carbonyl (C=O) groups excluding carboxylic acids is 1. The molecule has 1 fully saturated rings. The van der Waals surface area contributed by atoms with Gasteiger partial charge in [-0.05, 0) is 67.3 Å². The van der Waals surface area contributed by atoms with Crippen molar-refractivity contribution in [2.45, 2.75) is 54.8 Å². The first-order chi connectivity index (χ1) is 19.7. The number of ether oxygens (including phenoxy) is 2. The van der Waals surface area contributed by atoms with Crippen LogP contribution in [0.1, 0.15) is 42.4 Å². The maximum absolute atomic E-state index is 16.8. The van der Waals surface area contributed by atoms with Crippen LogP contribution in [-0.4, -0.2) is 27.9 Å². The highest BCUT2D eigenvalue weighted by atomic mass is 32.2. The van der Waals surface area contributed by atoms with Crippen LogP contribution in [0.5, 0.6) is 5.75 Å². The van der Waals surface area contributed by atoms with Gasteiger partial charge in [0.2, 0.25) is 15.6 Å². The summed E-state index contributed by atoms with van der Waals surface area (Å²) in [6.07, 6.45) is 4.07. The highest BCUT2D eigenvalue weighted by Gasteiger charge is 2.60. The molecule has 9 heteroatoms. The van der Waals surface area contributed by atoms with Gasteiger partial charge in [-0.15, -0.1) is 0 Å². The van der Waals surface area contributed by atoms with Gasteiger partial charge in [-0.2, -0.15) is 8.78 Å². The van der Waals surface area contributed by atoms with E-state index in [1.165, 1.54) is 49.5 Å². The van der Waals surface area contributed by atoms with E-state index in [0.29, 0.717) is 16.7 Å². The Labute approximate surface area is 238 Å². The van der Waals surface area contributed by atoms with Gasteiger partial charge in [-0.1, -0.05) is 72.8 Å². The lowest BCUT2D eigenvalue weighted by molar-refractivity contribution is -0.215. The number of hydrogen-bond donors (Lipinski definition) is 1. The molecule has 0 amide bonds. The molecule has 0 aliphatic heterocycles. The molecule has 0 heterocycles. The molecular formula is C32H31F2NO5S. The van der Waals surface area contributed by atoms with Gasteiger partial charge in [0, 0.05) is 11.1 Å². The van der Waals surface area contributed by atoms with Crippen molar-refractivity contribution in [3.63, 3.8) is 0 Å². The van der Waals surface area contributed by atoms with Gasteiger partial charge in [0.1, 0.15) is 5.75 Å². The molecule has 4 aromatic carbocycles. The van der Waals surface area contributed by atoms with Crippen LogP contribution in [0, 0.1) is 0 Å². The molecule has 0 spiro atoms. The second-order valence-electron chi connectivity index (χ2n) is 10.1. The van der Waals surface area contributed by atoms with Crippen molar-refractivity contribution in [2.24, 2.45) is 0 Å². The number of carbonyl (C=O) groups is 1. The SMILES string of the molecule is CNS(=O)(=O)c1ccc2cc(OC3CCCC3)ccc2c1C(C=O)(OCc1ccccc1)C(F)(F)c1ccccc1. The molecule has 1 aliphatic carbocycles. The molecule has 0 radical (unpaired) electrons. The number of sulfonamides is 1. The molecule has 5 rings (SSSR count). The Morgan fingerprint density at radius 2 is 1.59 bits per heavy atom. The van der Waals surface area contributed by atoms with Crippen LogP contribution < -0.4 is 9.46 Å². The summed E-state index contributed by atoms with van der Waals surface area (Å²) >= 11 is 0. The van der Waals surface area contributed by atoms with Crippen LogP contribution >= 0.6 is 0 Å². The molecule has 1 aliphatic rings. The second-order valence-corrected chi connectivity index (χ2v) is 12.0. The summed E-state index contributed by atoms with van der Waals surface area (Å²) in [6.45, 7) is -0.375. The molecule has 0 bridgehead atoms. The third-order valence-corrected chi connectivity index (χ3v) is 9.02. The van der Waals surface area contributed by atoms with E-state index in [-0.39, 0.29) is 24.4 Å². The largest absolute Gasteiger partial charge is 0.490 e. The predicted octanol–water partition coefficient (Wildman–Crippen LogP) is 6.47. The van der Waals surface area contributed by atoms with Gasteiger partial charge in [-0.3, -0.25) is 4.79 Å². The molecule has 6 nitrogen and oxygen atoms in total. The fourth-order valence-corrected chi connectivity index (χ4v) is 6.39. The van der Waals surface area contributed by atoms with Gasteiger partial charge in [0.25, 0.3) is 0 Å². The van der Waals surface area contributed by atoms with Gasteiger partial charge in [0.15, 0.2) is 6.29 Å². The zero-order chi connectivity index (χ0) is 29.1. The molecule has 4 aromatic rings. The van der Waals surface area contributed by atoms with Crippen molar-refractivity contribution in [2.75, 3.05) is 7.05 Å². The number of hydrogen-bond acceptors (Lipinski definition) is 5. The summed E-state index contributed by atoms with van der Waals surface area (Å²) in [5, 5.41) is 0.569. The first-order valence-electron chi connectivity index (χ1n) is 13.5. The Bertz CT molecular complexity index is 1620. The van der Waals surface area contributed by atoms with E-state index in [2.05, 4.69) is 4.72 Å². The smallest absolute Gasteiger partial charge is 0.312 e. The molecule has 1 atom stereocenters. The highest BCUT2D eigenvalue weighted by Crippen LogP contribution is 2.51. The van der Waals surface area contributed by atoms with Gasteiger partial charge >= 0.3 is 5.92 Å². The zero-order valence-corrected chi connectivity index (χ0v) is 23.4. The summed E-state index contributed by atoms with van der Waals surface area (Å²) in [5.74, 6) is -3.44. The van der Waals surface area contributed by atoms with Gasteiger partial charge in [0.05, 0.1) is 17.6 Å². The Morgan fingerprint density at radius 3 is 2.22 bits per heavy atom. The van der Waals surface area contributed by atoms with Gasteiger partial charge in [-0.25, -0.2) is 13.1 Å². The maximum atomic E-state index is 16.8. The number of benzene rings is 4. The van der Waals surface area contributed by atoms with Crippen molar-refractivity contribution < 1.29 is 31.5 Å². The first-order valence-corrected chi connectivity index (χ1v) is 14.9. The lowest BCUT2D eigenvalue weighted by Gasteiger charge is -2.38. The maximum Gasteiger partial charge on any atom is 0.312 e. The van der Waals surface area contributed by atoms with Crippen molar-refractivity contribution in [1.82, 2.24) is 4.72 Å². The summed E-state index contributed by atoms with van der Waals surface area (Å²) in [7, 11) is -3.14. The number of aldehydes is 1. The average Bonchev–Trinajstić information content (AvgIpc) is 3.51. The summed E-state index contributed by atoms with van der Waals surface area (Å²) < 4.78 is 74.5. The third-order valence-electron chi connectivity index (χ3n) is 7.57. The van der Waals surface area contributed by atoms with Crippen molar-refractivity contribution in [3.8, 4) is 5.75 Å². The average molecular weight is 580 g/mol. The van der Waals surface area contributed by atoms with E-state index in [1.54, 1.807) is 48.5 Å². The first kappa shape index (κ1) is 28.9. The molecule has 214 valence electrons. The Balaban J connectivity index is 1.77. The normalized spacial score (nSPS) is 16.0. The predicted molar refractivity (Wildman–Crippen MR) is 152 cm³/mol. The summed E-state index contributed by atoms with van der Waals surface area (Å²) in [4.78, 5) is 12.7. The second kappa shape index (κ2) is 11.7. The van der Waals surface area contributed by atoms with Crippen LogP contribution in [0.15, 0.2) is 95.9 Å². The Hall–Kier alpha value is -3.66. The molecule has 1 unspecified atom stereocenters. The van der Waals surface area contributed by atoms with E-state index in [4.69, 9.17) is 9.47 Å². The fourth-order valence-electron chi connectivity index (χ4n) is 5.40. The fraction of sp³-hybridized carbons (Fsp3) is 0.281. The minimum atomic E-state index is -4.32. The molecule has 0 aromatic heterocycles. The molecule has 41 heavy (non-hydrogen) atoms. The number of alkyl halides is 2. The lowest BCUT2D eigenvalue weighted by Crippen LogP contribution is -2.48. The number of halogens is 2. The van der Waals surface area contributed by atoms with E-state index >= 15 is 8.78 Å².